The van der Waals surface area contributed by atoms with Gasteiger partial charge in [-0.2, -0.15) is 18.3 Å². The zero-order valence-corrected chi connectivity index (χ0v) is 19.0. The molecular formula is C22H18F5N7O3. The summed E-state index contributed by atoms with van der Waals surface area (Å²) in [5.41, 5.74) is -0.343. The third-order valence-corrected chi connectivity index (χ3v) is 5.75. The van der Waals surface area contributed by atoms with E-state index in [1.165, 1.54) is 29.6 Å². The lowest BCUT2D eigenvalue weighted by Gasteiger charge is -2.19. The second-order valence-corrected chi connectivity index (χ2v) is 8.58. The molecule has 1 atom stereocenters. The number of alkyl halides is 5. The van der Waals surface area contributed by atoms with Gasteiger partial charge in [0, 0.05) is 35.2 Å². The molecule has 0 spiro atoms. The molecule has 4 aromatic heterocycles. The van der Waals surface area contributed by atoms with E-state index in [9.17, 15) is 31.5 Å². The Labute approximate surface area is 203 Å². The van der Waals surface area contributed by atoms with Crippen molar-refractivity contribution in [1.82, 2.24) is 29.7 Å². The second kappa shape index (κ2) is 8.67. The van der Waals surface area contributed by atoms with E-state index < -0.39 is 42.5 Å². The van der Waals surface area contributed by atoms with E-state index in [1.54, 1.807) is 13.0 Å². The topological polar surface area (TPSA) is 122 Å². The van der Waals surface area contributed by atoms with E-state index in [4.69, 9.17) is 4.74 Å². The van der Waals surface area contributed by atoms with Gasteiger partial charge in [-0.15, -0.1) is 0 Å². The number of ether oxygens (including phenoxy) is 1. The smallest absolute Gasteiger partial charge is 0.408 e. The van der Waals surface area contributed by atoms with Crippen molar-refractivity contribution in [2.45, 2.75) is 31.7 Å². The first kappa shape index (κ1) is 24.4. The summed E-state index contributed by atoms with van der Waals surface area (Å²) < 4.78 is 74.5. The van der Waals surface area contributed by atoms with Gasteiger partial charge in [-0.05, 0) is 19.1 Å². The number of anilines is 1. The van der Waals surface area contributed by atoms with Crippen LogP contribution in [0.2, 0.25) is 0 Å². The van der Waals surface area contributed by atoms with Crippen LogP contribution in [0.15, 0.2) is 46.4 Å². The third-order valence-electron chi connectivity index (χ3n) is 5.75. The number of fused-ring (bicyclic) bond motifs is 1. The lowest BCUT2D eigenvalue weighted by atomic mass is 10.2. The van der Waals surface area contributed by atoms with Gasteiger partial charge in [0.15, 0.2) is 6.10 Å². The number of hydrogen-bond donors (Lipinski definition) is 2. The Hall–Kier alpha value is -4.30. The lowest BCUT2D eigenvalue weighted by Crippen LogP contribution is -2.36. The minimum Gasteiger partial charge on any atom is -0.466 e. The summed E-state index contributed by atoms with van der Waals surface area (Å²) in [6.07, 6.45) is -2.60. The van der Waals surface area contributed by atoms with Crippen LogP contribution in [-0.4, -0.2) is 61.0 Å². The van der Waals surface area contributed by atoms with E-state index in [1.807, 2.05) is 0 Å². The highest BCUT2D eigenvalue weighted by Gasteiger charge is 2.50. The predicted octanol–water partition coefficient (Wildman–Crippen LogP) is 2.64. The first-order valence-electron chi connectivity index (χ1n) is 10.9. The Balaban J connectivity index is 1.41. The fourth-order valence-electron chi connectivity index (χ4n) is 4.11. The van der Waals surface area contributed by atoms with Crippen molar-refractivity contribution in [3.05, 3.63) is 63.3 Å². The van der Waals surface area contributed by atoms with Gasteiger partial charge in [-0.25, -0.2) is 18.6 Å². The summed E-state index contributed by atoms with van der Waals surface area (Å²) in [6.45, 7) is -0.732. The zero-order chi connectivity index (χ0) is 26.5. The van der Waals surface area contributed by atoms with E-state index in [0.29, 0.717) is 21.4 Å². The second-order valence-electron chi connectivity index (χ2n) is 8.58. The maximum absolute atomic E-state index is 14.9. The summed E-state index contributed by atoms with van der Waals surface area (Å²) >= 11 is 0. The SMILES string of the molecule is Cc1cc(N2C[C@H](Oc3cc4c(cn3)cnn4CC(F)(F)F)C(F)(F)C2)cc(-c2c[nH]c(=O)[nH]c2=O)n1. The molecule has 1 aliphatic rings. The first-order chi connectivity index (χ1) is 17.4. The monoisotopic (exact) mass is 523 g/mol. The molecule has 5 heterocycles. The van der Waals surface area contributed by atoms with Gasteiger partial charge in [0.05, 0.1) is 36.1 Å². The normalized spacial score (nSPS) is 17.5. The van der Waals surface area contributed by atoms with E-state index >= 15 is 0 Å². The van der Waals surface area contributed by atoms with Crippen LogP contribution in [0.3, 0.4) is 0 Å². The Morgan fingerprint density at radius 2 is 1.97 bits per heavy atom. The number of aryl methyl sites for hydroxylation is 1. The van der Waals surface area contributed by atoms with Gasteiger partial charge < -0.3 is 14.6 Å². The van der Waals surface area contributed by atoms with Crippen LogP contribution in [-0.2, 0) is 6.54 Å². The van der Waals surface area contributed by atoms with Crippen LogP contribution in [0.5, 0.6) is 5.88 Å². The molecule has 1 saturated heterocycles. The molecule has 15 heteroatoms. The Kier molecular flexibility index (Phi) is 5.72. The molecular weight excluding hydrogens is 505 g/mol. The standard InChI is InChI=1S/C22H18F5N7O3/c1-11-2-13(3-15(31-11)14-7-29-20(36)32-19(14)35)33-8-17(21(23,24)9-33)37-18-4-16-12(5-28-18)6-30-34(16)10-22(25,26)27/h2-7,17H,8-10H2,1H3,(H2,29,32,35,36)/t17-/m0/s1. The number of pyridine rings is 2. The lowest BCUT2D eigenvalue weighted by molar-refractivity contribution is -0.141. The molecule has 0 bridgehead atoms. The highest BCUT2D eigenvalue weighted by molar-refractivity contribution is 5.78. The molecule has 0 unspecified atom stereocenters. The van der Waals surface area contributed by atoms with Gasteiger partial charge in [0.2, 0.25) is 5.88 Å². The quantitative estimate of drug-likeness (QED) is 0.386. The molecule has 4 aromatic rings. The van der Waals surface area contributed by atoms with Crippen molar-refractivity contribution < 1.29 is 26.7 Å². The zero-order valence-electron chi connectivity index (χ0n) is 19.0. The minimum absolute atomic E-state index is 0.0426. The number of H-pyrrole nitrogens is 2. The molecule has 1 fully saturated rings. The molecule has 194 valence electrons. The maximum atomic E-state index is 14.9. The Bertz CT molecular complexity index is 1590. The number of aromatic amines is 2. The number of nitrogens with zero attached hydrogens (tertiary/aromatic N) is 5. The minimum atomic E-state index is -4.52. The van der Waals surface area contributed by atoms with Gasteiger partial charge in [-0.1, -0.05) is 0 Å². The molecule has 2 N–H and O–H groups in total. The Morgan fingerprint density at radius 3 is 2.70 bits per heavy atom. The first-order valence-corrected chi connectivity index (χ1v) is 10.9. The van der Waals surface area contributed by atoms with Crippen LogP contribution in [0.4, 0.5) is 27.6 Å². The van der Waals surface area contributed by atoms with Crippen LogP contribution in [0, 0.1) is 6.92 Å². The van der Waals surface area contributed by atoms with Gasteiger partial charge >= 0.3 is 17.8 Å². The van der Waals surface area contributed by atoms with Crippen molar-refractivity contribution in [1.29, 1.82) is 0 Å². The van der Waals surface area contributed by atoms with Crippen molar-refractivity contribution in [2.75, 3.05) is 18.0 Å². The molecule has 10 nitrogen and oxygen atoms in total. The summed E-state index contributed by atoms with van der Waals surface area (Å²) in [4.78, 5) is 37.5. The van der Waals surface area contributed by atoms with Gasteiger partial charge in [-0.3, -0.25) is 19.4 Å². The van der Waals surface area contributed by atoms with Crippen molar-refractivity contribution in [3.8, 4) is 17.1 Å². The number of nitrogens with one attached hydrogen (secondary N) is 2. The van der Waals surface area contributed by atoms with Crippen LogP contribution in [0.25, 0.3) is 22.2 Å². The molecule has 0 radical (unpaired) electrons. The predicted molar refractivity (Wildman–Crippen MR) is 121 cm³/mol. The largest absolute Gasteiger partial charge is 0.466 e. The van der Waals surface area contributed by atoms with Crippen LogP contribution in [0.1, 0.15) is 5.69 Å². The Morgan fingerprint density at radius 1 is 1.19 bits per heavy atom. The van der Waals surface area contributed by atoms with E-state index in [2.05, 4.69) is 25.0 Å². The summed E-state index contributed by atoms with van der Waals surface area (Å²) in [7, 11) is 0. The highest BCUT2D eigenvalue weighted by Crippen LogP contribution is 2.35. The average Bonchev–Trinajstić information content (AvgIpc) is 3.32. The number of hydrogen-bond acceptors (Lipinski definition) is 7. The average molecular weight is 523 g/mol. The van der Waals surface area contributed by atoms with Gasteiger partial charge in [0.25, 0.3) is 5.56 Å². The molecule has 0 aliphatic carbocycles. The molecule has 5 rings (SSSR count). The van der Waals surface area contributed by atoms with Crippen LogP contribution < -0.4 is 20.9 Å². The highest BCUT2D eigenvalue weighted by atomic mass is 19.4. The van der Waals surface area contributed by atoms with E-state index in [-0.39, 0.29) is 29.2 Å². The fourth-order valence-corrected chi connectivity index (χ4v) is 4.11. The number of rotatable bonds is 5. The van der Waals surface area contributed by atoms with Gasteiger partial charge in [0.1, 0.15) is 6.54 Å². The maximum Gasteiger partial charge on any atom is 0.408 e. The summed E-state index contributed by atoms with van der Waals surface area (Å²) in [6, 6.07) is 4.14. The third kappa shape index (κ3) is 5.01. The summed E-state index contributed by atoms with van der Waals surface area (Å²) in [5, 5.41) is 3.98. The molecule has 0 saturated carbocycles. The van der Waals surface area contributed by atoms with Crippen molar-refractivity contribution >= 4 is 16.6 Å². The van der Waals surface area contributed by atoms with E-state index in [0.717, 1.165) is 6.07 Å². The molecule has 0 amide bonds. The van der Waals surface area contributed by atoms with Crippen molar-refractivity contribution in [3.63, 3.8) is 0 Å². The molecule has 1 aliphatic heterocycles. The fraction of sp³-hybridized carbons (Fsp3) is 0.318. The van der Waals surface area contributed by atoms with Crippen LogP contribution >= 0.6 is 0 Å². The van der Waals surface area contributed by atoms with Crippen molar-refractivity contribution in [2.24, 2.45) is 0 Å². The summed E-state index contributed by atoms with van der Waals surface area (Å²) in [5.74, 6) is -3.61. The number of aromatic nitrogens is 6. The molecule has 37 heavy (non-hydrogen) atoms. The number of halogens is 5. The molecule has 0 aromatic carbocycles.